The van der Waals surface area contributed by atoms with Gasteiger partial charge in [-0.2, -0.15) is 22.0 Å². The number of benzene rings is 1. The molecule has 1 rings (SSSR count). The van der Waals surface area contributed by atoms with E-state index in [-0.39, 0.29) is 0 Å². The first-order chi connectivity index (χ1) is 7.19. The van der Waals surface area contributed by atoms with Crippen molar-refractivity contribution in [2.75, 3.05) is 0 Å². The molecule has 1 aromatic rings. The highest BCUT2D eigenvalue weighted by atomic mass is 127. The molecule has 0 amide bonds. The lowest BCUT2D eigenvalue weighted by Crippen LogP contribution is -2.43. The molecule has 0 aliphatic heterocycles. The third kappa shape index (κ3) is 2.18. The second kappa shape index (κ2) is 4.27. The van der Waals surface area contributed by atoms with E-state index in [0.29, 0.717) is 3.57 Å². The van der Waals surface area contributed by atoms with Gasteiger partial charge in [-0.25, -0.2) is 0 Å². The molecule has 16 heavy (non-hydrogen) atoms. The predicted octanol–water partition coefficient (Wildman–Crippen LogP) is 3.51. The topological polar surface area (TPSA) is 17.1 Å². The predicted molar refractivity (Wildman–Crippen MR) is 54.1 cm³/mol. The van der Waals surface area contributed by atoms with Gasteiger partial charge >= 0.3 is 17.9 Å². The molecule has 0 saturated heterocycles. The third-order valence-corrected chi connectivity index (χ3v) is 2.57. The summed E-state index contributed by atoms with van der Waals surface area (Å²) in [5, 5.41) is 0. The Morgan fingerprint density at radius 2 is 1.50 bits per heavy atom. The molecular weight excluding hydrogens is 346 g/mol. The van der Waals surface area contributed by atoms with Gasteiger partial charge < -0.3 is 0 Å². The van der Waals surface area contributed by atoms with Gasteiger partial charge in [0, 0.05) is 9.13 Å². The normalized spacial score (nSPS) is 12.6. The molecule has 0 saturated carbocycles. The minimum Gasteiger partial charge on any atom is -0.254 e. The Labute approximate surface area is 101 Å². The van der Waals surface area contributed by atoms with Crippen LogP contribution in [0.2, 0.25) is 0 Å². The standard InChI is InChI=1S/C9H4F5IO/c10-7(16)9(13,14)8(11,12)5-1-3-6(15)4-2-5/h1-4H. The highest BCUT2D eigenvalue weighted by Gasteiger charge is 2.63. The number of alkyl halides is 4. The van der Waals surface area contributed by atoms with Gasteiger partial charge in [-0.05, 0) is 34.7 Å². The van der Waals surface area contributed by atoms with Gasteiger partial charge in [0.1, 0.15) is 0 Å². The second-order valence-corrected chi connectivity index (χ2v) is 4.18. The minimum absolute atomic E-state index is 0.548. The van der Waals surface area contributed by atoms with E-state index in [4.69, 9.17) is 0 Å². The van der Waals surface area contributed by atoms with Crippen LogP contribution in [0.3, 0.4) is 0 Å². The second-order valence-electron chi connectivity index (χ2n) is 2.93. The summed E-state index contributed by atoms with van der Waals surface area (Å²) in [6.07, 6.45) is 0. The number of halogens is 6. The van der Waals surface area contributed by atoms with E-state index in [1.165, 1.54) is 0 Å². The van der Waals surface area contributed by atoms with Gasteiger partial charge in [0.2, 0.25) is 0 Å². The zero-order valence-corrected chi connectivity index (χ0v) is 9.64. The van der Waals surface area contributed by atoms with Crippen molar-refractivity contribution < 1.29 is 26.7 Å². The van der Waals surface area contributed by atoms with Crippen molar-refractivity contribution in [3.8, 4) is 0 Å². The number of hydrogen-bond donors (Lipinski definition) is 0. The monoisotopic (exact) mass is 350 g/mol. The lowest BCUT2D eigenvalue weighted by molar-refractivity contribution is -0.222. The Balaban J connectivity index is 3.20. The fourth-order valence-corrected chi connectivity index (χ4v) is 1.32. The van der Waals surface area contributed by atoms with Crippen molar-refractivity contribution in [2.45, 2.75) is 11.8 Å². The fraction of sp³-hybridized carbons (Fsp3) is 0.222. The summed E-state index contributed by atoms with van der Waals surface area (Å²) in [4.78, 5) is 9.85. The van der Waals surface area contributed by atoms with E-state index in [0.717, 1.165) is 24.3 Å². The zero-order valence-electron chi connectivity index (χ0n) is 7.49. The fourth-order valence-electron chi connectivity index (χ4n) is 0.964. The first-order valence-corrected chi connectivity index (χ1v) is 4.99. The van der Waals surface area contributed by atoms with Crippen LogP contribution in [0.25, 0.3) is 0 Å². The molecular formula is C9H4F5IO. The Hall–Kier alpha value is -0.730. The van der Waals surface area contributed by atoms with Crippen LogP contribution < -0.4 is 0 Å². The van der Waals surface area contributed by atoms with E-state index in [1.54, 1.807) is 22.6 Å². The average molecular weight is 350 g/mol. The maximum absolute atomic E-state index is 13.1. The van der Waals surface area contributed by atoms with Gasteiger partial charge in [-0.3, -0.25) is 4.79 Å². The van der Waals surface area contributed by atoms with E-state index in [9.17, 15) is 26.7 Å². The first kappa shape index (κ1) is 13.3. The number of hydrogen-bond acceptors (Lipinski definition) is 1. The SMILES string of the molecule is O=C(F)C(F)(F)C(F)(F)c1ccc(I)cc1. The summed E-state index contributed by atoms with van der Waals surface area (Å²) < 4.78 is 63.9. The lowest BCUT2D eigenvalue weighted by Gasteiger charge is -2.22. The number of carbonyl (C=O) groups excluding carboxylic acids is 1. The van der Waals surface area contributed by atoms with Gasteiger partial charge in [0.25, 0.3) is 0 Å². The molecule has 1 aromatic carbocycles. The van der Waals surface area contributed by atoms with Crippen molar-refractivity contribution in [1.29, 1.82) is 0 Å². The zero-order chi connectivity index (χ0) is 12.6. The van der Waals surface area contributed by atoms with Crippen LogP contribution >= 0.6 is 22.6 Å². The quantitative estimate of drug-likeness (QED) is 0.463. The number of carbonyl (C=O) groups is 1. The Morgan fingerprint density at radius 1 is 1.06 bits per heavy atom. The highest BCUT2D eigenvalue weighted by Crippen LogP contribution is 2.43. The van der Waals surface area contributed by atoms with Crippen LogP contribution in [0.1, 0.15) is 5.56 Å². The molecule has 0 spiro atoms. The third-order valence-electron chi connectivity index (χ3n) is 1.85. The molecule has 0 aliphatic rings. The van der Waals surface area contributed by atoms with Gasteiger partial charge in [-0.15, -0.1) is 0 Å². The average Bonchev–Trinajstić information content (AvgIpc) is 2.17. The summed E-state index contributed by atoms with van der Waals surface area (Å²) >= 11 is 1.79. The summed E-state index contributed by atoms with van der Waals surface area (Å²) in [6.45, 7) is 0. The van der Waals surface area contributed by atoms with Crippen molar-refractivity contribution in [1.82, 2.24) is 0 Å². The maximum Gasteiger partial charge on any atom is 0.402 e. The van der Waals surface area contributed by atoms with Crippen molar-refractivity contribution in [2.24, 2.45) is 0 Å². The lowest BCUT2D eigenvalue weighted by atomic mass is 10.0. The van der Waals surface area contributed by atoms with Crippen molar-refractivity contribution in [3.63, 3.8) is 0 Å². The Morgan fingerprint density at radius 3 is 1.88 bits per heavy atom. The van der Waals surface area contributed by atoms with Gasteiger partial charge in [-0.1, -0.05) is 12.1 Å². The molecule has 0 bridgehead atoms. The van der Waals surface area contributed by atoms with Crippen LogP contribution in [-0.4, -0.2) is 12.0 Å². The van der Waals surface area contributed by atoms with Crippen molar-refractivity contribution >= 4 is 28.6 Å². The van der Waals surface area contributed by atoms with Crippen LogP contribution in [0.5, 0.6) is 0 Å². The van der Waals surface area contributed by atoms with Gasteiger partial charge in [0.15, 0.2) is 0 Å². The molecule has 0 heterocycles. The molecule has 0 N–H and O–H groups in total. The Bertz CT molecular complexity index is 401. The van der Waals surface area contributed by atoms with E-state index >= 15 is 0 Å². The molecule has 0 aliphatic carbocycles. The molecule has 0 unspecified atom stereocenters. The molecule has 0 atom stereocenters. The molecule has 0 fully saturated rings. The number of rotatable bonds is 3. The first-order valence-electron chi connectivity index (χ1n) is 3.91. The largest absolute Gasteiger partial charge is 0.402 e. The summed E-state index contributed by atoms with van der Waals surface area (Å²) in [7, 11) is 0. The van der Waals surface area contributed by atoms with E-state index < -0.39 is 23.4 Å². The smallest absolute Gasteiger partial charge is 0.254 e. The summed E-state index contributed by atoms with van der Waals surface area (Å²) in [5.74, 6) is -10.2. The molecule has 0 radical (unpaired) electrons. The van der Waals surface area contributed by atoms with Crippen LogP contribution in [0.15, 0.2) is 24.3 Å². The van der Waals surface area contributed by atoms with Gasteiger partial charge in [0.05, 0.1) is 0 Å². The van der Waals surface area contributed by atoms with E-state index in [1.807, 2.05) is 0 Å². The molecule has 7 heteroatoms. The van der Waals surface area contributed by atoms with E-state index in [2.05, 4.69) is 0 Å². The Kier molecular flexibility index (Phi) is 3.56. The summed E-state index contributed by atoms with van der Waals surface area (Å²) in [6, 6.07) is 0.402. The van der Waals surface area contributed by atoms with Crippen LogP contribution in [0, 0.1) is 3.57 Å². The van der Waals surface area contributed by atoms with Crippen LogP contribution in [0.4, 0.5) is 22.0 Å². The van der Waals surface area contributed by atoms with Crippen molar-refractivity contribution in [3.05, 3.63) is 33.4 Å². The summed E-state index contributed by atoms with van der Waals surface area (Å²) in [5.41, 5.74) is -1.11. The van der Waals surface area contributed by atoms with Crippen LogP contribution in [-0.2, 0) is 10.7 Å². The maximum atomic E-state index is 13.1. The highest BCUT2D eigenvalue weighted by molar-refractivity contribution is 14.1. The molecule has 0 aromatic heterocycles. The molecule has 1 nitrogen and oxygen atoms in total. The minimum atomic E-state index is -5.35. The molecule has 88 valence electrons.